The summed E-state index contributed by atoms with van der Waals surface area (Å²) in [7, 11) is 0. The Morgan fingerprint density at radius 2 is 0.352 bits per heavy atom. The van der Waals surface area contributed by atoms with Crippen LogP contribution >= 0.6 is 0 Å². The second-order valence-corrected chi connectivity index (χ2v) is 25.3. The highest BCUT2D eigenvalue weighted by Crippen LogP contribution is 2.32. The molecule has 0 aliphatic heterocycles. The quantitative estimate of drug-likeness (QED) is 0.149. The maximum Gasteiger partial charge on any atom is -0.0132 e. The standard InChI is InChI=1S/C20H26.C18H14.2C14H14.C13H12.C12H10/c1-19(2,3)17-11-7-9-15(13-17)16-10-8-12-18(14-16)20(4,5)6;1-3-7-15(8-4-1)17-11-13-18(14-12-17)16-9-5-2-6-10-16;1-11-3-7-13(8-4-11)14-9-5-12(2)6-10-14;1-11-7-3-5-9-13(11)14-10-6-4-8-12(14)2;1-11-7-9-13(10-8-11)12-5-3-2-4-6-12;1-3-7-11(8-4-1)12-9-5-2-6-10-12/h7-14H,1-6H3;1-14H;2*3-10H,1-2H3;2-10H,1H3;1-10H. The number of benzene rings is 13. The molecule has 0 aliphatic carbocycles. The van der Waals surface area contributed by atoms with Gasteiger partial charge in [-0.25, -0.2) is 0 Å². The van der Waals surface area contributed by atoms with Crippen molar-refractivity contribution in [1.82, 2.24) is 0 Å². The molecule has 0 nitrogen and oxygen atoms in total. The van der Waals surface area contributed by atoms with E-state index in [-0.39, 0.29) is 10.8 Å². The summed E-state index contributed by atoms with van der Waals surface area (Å²) in [5, 5.41) is 0. The highest BCUT2D eigenvalue weighted by Gasteiger charge is 2.17. The molecule has 13 aromatic carbocycles. The molecule has 0 aliphatic rings. The van der Waals surface area contributed by atoms with Gasteiger partial charge in [0, 0.05) is 0 Å². The molecule has 0 heterocycles. The maximum atomic E-state index is 2.32. The normalized spacial score (nSPS) is 10.6. The van der Waals surface area contributed by atoms with Crippen LogP contribution in [0.3, 0.4) is 0 Å². The number of hydrogen-bond donors (Lipinski definition) is 0. The number of hydrogen-bond acceptors (Lipinski definition) is 0. The summed E-state index contributed by atoms with van der Waals surface area (Å²) in [6.07, 6.45) is 0. The van der Waals surface area contributed by atoms with Gasteiger partial charge in [0.2, 0.25) is 0 Å². The molecule has 0 amide bonds. The summed E-state index contributed by atoms with van der Waals surface area (Å²) in [5.74, 6) is 0. The minimum Gasteiger partial charge on any atom is -0.0622 e. The Morgan fingerprint density at radius 3 is 0.571 bits per heavy atom. The molecule has 0 bridgehead atoms. The van der Waals surface area contributed by atoms with Gasteiger partial charge in [0.1, 0.15) is 0 Å². The predicted octanol–water partition coefficient (Wildman–Crippen LogP) is 25.9. The van der Waals surface area contributed by atoms with Crippen LogP contribution in [0.15, 0.2) is 346 Å². The number of rotatable bonds is 7. The SMILES string of the molecule is CC(C)(C)c1cccc(-c2cccc(C(C)(C)C)c2)c1.Cc1ccc(-c2ccc(C)cc2)cc1.Cc1ccc(-c2ccccc2)cc1.Cc1ccccc1-c1ccccc1C.c1ccc(-c2ccc(-c3ccccc3)cc2)cc1.c1ccc(-c2ccccc2)cc1. The smallest absolute Gasteiger partial charge is 0.0132 e. The van der Waals surface area contributed by atoms with Crippen LogP contribution in [0.25, 0.3) is 77.9 Å². The molecule has 0 radical (unpaired) electrons. The van der Waals surface area contributed by atoms with E-state index >= 15 is 0 Å². The van der Waals surface area contributed by atoms with Gasteiger partial charge >= 0.3 is 0 Å². The summed E-state index contributed by atoms with van der Waals surface area (Å²) >= 11 is 0. The lowest BCUT2D eigenvalue weighted by atomic mass is 9.83. The van der Waals surface area contributed by atoms with Crippen LogP contribution in [0.1, 0.15) is 80.5 Å². The Hall–Kier alpha value is -10.1. The zero-order valence-electron chi connectivity index (χ0n) is 55.4. The van der Waals surface area contributed by atoms with E-state index in [1.54, 1.807) is 0 Å². The molecule has 0 unspecified atom stereocenters. The van der Waals surface area contributed by atoms with Gasteiger partial charge in [0.15, 0.2) is 0 Å². The molecule has 0 saturated carbocycles. The van der Waals surface area contributed by atoms with E-state index in [9.17, 15) is 0 Å². The zero-order chi connectivity index (χ0) is 64.4. The second-order valence-electron chi connectivity index (χ2n) is 25.3. The van der Waals surface area contributed by atoms with Gasteiger partial charge in [-0.05, 0) is 146 Å². The molecule has 91 heavy (non-hydrogen) atoms. The van der Waals surface area contributed by atoms with Crippen molar-refractivity contribution in [2.75, 3.05) is 0 Å². The summed E-state index contributed by atoms with van der Waals surface area (Å²) in [4.78, 5) is 0. The van der Waals surface area contributed by atoms with Crippen molar-refractivity contribution in [2.24, 2.45) is 0 Å². The topological polar surface area (TPSA) is 0 Å². The molecule has 0 aromatic heterocycles. The third-order valence-electron chi connectivity index (χ3n) is 15.9. The Kier molecular flexibility index (Phi) is 24.6. The van der Waals surface area contributed by atoms with E-state index in [4.69, 9.17) is 0 Å². The molecule has 0 fully saturated rings. The van der Waals surface area contributed by atoms with Crippen molar-refractivity contribution >= 4 is 0 Å². The fourth-order valence-corrected chi connectivity index (χ4v) is 10.3. The summed E-state index contributed by atoms with van der Waals surface area (Å²) in [6.45, 7) is 24.2. The number of aryl methyl sites for hydroxylation is 5. The zero-order valence-corrected chi connectivity index (χ0v) is 55.4. The maximum absolute atomic E-state index is 2.32. The van der Waals surface area contributed by atoms with E-state index in [0.29, 0.717) is 0 Å². The summed E-state index contributed by atoms with van der Waals surface area (Å²) < 4.78 is 0. The van der Waals surface area contributed by atoms with Crippen LogP contribution in [0.5, 0.6) is 0 Å². The fraction of sp³-hybridized carbons (Fsp3) is 0.143. The van der Waals surface area contributed by atoms with Crippen molar-refractivity contribution in [2.45, 2.75) is 87.0 Å². The van der Waals surface area contributed by atoms with Gasteiger partial charge in [-0.2, -0.15) is 0 Å². The second kappa shape index (κ2) is 33.4. The third-order valence-corrected chi connectivity index (χ3v) is 15.9. The first kappa shape index (κ1) is 66.8. The predicted molar refractivity (Wildman–Crippen MR) is 398 cm³/mol. The van der Waals surface area contributed by atoms with E-state index < -0.39 is 0 Å². The molecule has 0 heteroatoms. The fourth-order valence-electron chi connectivity index (χ4n) is 10.3. The summed E-state index contributed by atoms with van der Waals surface area (Å²) in [5.41, 5.74) is 27.8. The molecular weight excluding hydrogens is 1090 g/mol. The van der Waals surface area contributed by atoms with Crippen LogP contribution in [-0.4, -0.2) is 0 Å². The van der Waals surface area contributed by atoms with E-state index in [0.717, 1.165) is 0 Å². The average molecular weight is 1180 g/mol. The Balaban J connectivity index is 0.000000142. The molecule has 13 rings (SSSR count). The molecular formula is C91H90. The first-order chi connectivity index (χ1) is 44.0. The van der Waals surface area contributed by atoms with E-state index in [1.807, 2.05) is 30.3 Å². The van der Waals surface area contributed by atoms with Gasteiger partial charge in [-0.3, -0.25) is 0 Å². The van der Waals surface area contributed by atoms with Gasteiger partial charge in [0.25, 0.3) is 0 Å². The van der Waals surface area contributed by atoms with E-state index in [1.165, 1.54) is 117 Å². The van der Waals surface area contributed by atoms with Crippen molar-refractivity contribution in [1.29, 1.82) is 0 Å². The lowest BCUT2D eigenvalue weighted by Gasteiger charge is -2.21. The molecule has 13 aromatic rings. The van der Waals surface area contributed by atoms with Crippen molar-refractivity contribution in [3.8, 4) is 77.9 Å². The van der Waals surface area contributed by atoms with E-state index in [2.05, 4.69) is 392 Å². The lowest BCUT2D eigenvalue weighted by molar-refractivity contribution is 0.589. The van der Waals surface area contributed by atoms with Crippen LogP contribution in [0.2, 0.25) is 0 Å². The molecule has 0 N–H and O–H groups in total. The van der Waals surface area contributed by atoms with Crippen LogP contribution in [0, 0.1) is 34.6 Å². The van der Waals surface area contributed by atoms with Gasteiger partial charge < -0.3 is 0 Å². The lowest BCUT2D eigenvalue weighted by Crippen LogP contribution is -2.11. The Bertz CT molecular complexity index is 3950. The summed E-state index contributed by atoms with van der Waals surface area (Å²) in [6, 6.07) is 122. The average Bonchev–Trinajstić information content (AvgIpc) is 1.28. The minimum atomic E-state index is 0.192. The van der Waals surface area contributed by atoms with Crippen LogP contribution in [0.4, 0.5) is 0 Å². The largest absolute Gasteiger partial charge is 0.0622 e. The monoisotopic (exact) mass is 1180 g/mol. The van der Waals surface area contributed by atoms with Crippen LogP contribution in [-0.2, 0) is 10.8 Å². The highest BCUT2D eigenvalue weighted by molar-refractivity contribution is 5.72. The Labute approximate surface area is 546 Å². The molecule has 0 saturated heterocycles. The van der Waals surface area contributed by atoms with Crippen molar-refractivity contribution in [3.05, 3.63) is 385 Å². The first-order valence-electron chi connectivity index (χ1n) is 31.9. The van der Waals surface area contributed by atoms with Gasteiger partial charge in [-0.1, -0.05) is 404 Å². The Morgan fingerprint density at radius 1 is 0.165 bits per heavy atom. The minimum absolute atomic E-state index is 0.192. The molecule has 0 atom stereocenters. The van der Waals surface area contributed by atoms with Crippen molar-refractivity contribution < 1.29 is 0 Å². The van der Waals surface area contributed by atoms with Crippen LogP contribution < -0.4 is 0 Å². The third kappa shape index (κ3) is 21.0. The highest BCUT2D eigenvalue weighted by atomic mass is 14.2. The molecule has 454 valence electrons. The van der Waals surface area contributed by atoms with Crippen molar-refractivity contribution in [3.63, 3.8) is 0 Å². The first-order valence-corrected chi connectivity index (χ1v) is 31.9. The van der Waals surface area contributed by atoms with Gasteiger partial charge in [0.05, 0.1) is 0 Å². The van der Waals surface area contributed by atoms with Gasteiger partial charge in [-0.15, -0.1) is 0 Å². The molecule has 0 spiro atoms.